The lowest BCUT2D eigenvalue weighted by molar-refractivity contribution is 0.296. The Bertz CT molecular complexity index is 918. The summed E-state index contributed by atoms with van der Waals surface area (Å²) < 4.78 is 5.60. The van der Waals surface area contributed by atoms with Gasteiger partial charge < -0.3 is 9.72 Å². The minimum absolute atomic E-state index is 0.112. The van der Waals surface area contributed by atoms with Gasteiger partial charge in [-0.2, -0.15) is 0 Å². The van der Waals surface area contributed by atoms with Crippen LogP contribution in [0.1, 0.15) is 16.3 Å². The summed E-state index contributed by atoms with van der Waals surface area (Å²) in [5.74, 6) is 0.908. The molecule has 2 heterocycles. The number of aromatic nitrogens is 2. The summed E-state index contributed by atoms with van der Waals surface area (Å²) in [6.07, 6.45) is 0. The third kappa shape index (κ3) is 2.84. The van der Waals surface area contributed by atoms with Crippen molar-refractivity contribution in [3.05, 3.63) is 54.9 Å². The van der Waals surface area contributed by atoms with E-state index in [9.17, 15) is 4.79 Å². The Morgan fingerprint density at radius 2 is 2.09 bits per heavy atom. The second-order valence-corrected chi connectivity index (χ2v) is 6.89. The van der Waals surface area contributed by atoms with Crippen LogP contribution in [0.4, 0.5) is 0 Å². The van der Waals surface area contributed by atoms with Crippen LogP contribution < -0.4 is 10.3 Å². The van der Waals surface area contributed by atoms with Gasteiger partial charge in [-0.1, -0.05) is 23.2 Å². The molecule has 0 aliphatic carbocycles. The number of aromatic amines is 1. The Morgan fingerprint density at radius 3 is 2.86 bits per heavy atom. The van der Waals surface area contributed by atoms with Crippen LogP contribution in [0.3, 0.4) is 0 Å². The average molecular weight is 355 g/mol. The van der Waals surface area contributed by atoms with Crippen LogP contribution in [0, 0.1) is 13.8 Å². The minimum atomic E-state index is -0.150. The van der Waals surface area contributed by atoms with E-state index in [4.69, 9.17) is 27.9 Å². The summed E-state index contributed by atoms with van der Waals surface area (Å²) in [5.41, 5.74) is 0.821. The van der Waals surface area contributed by atoms with Crippen LogP contribution in [-0.4, -0.2) is 9.97 Å². The molecular weight excluding hydrogens is 343 g/mol. The van der Waals surface area contributed by atoms with Crippen LogP contribution in [0.2, 0.25) is 10.0 Å². The van der Waals surface area contributed by atoms with Crippen molar-refractivity contribution in [2.24, 2.45) is 0 Å². The smallest absolute Gasteiger partial charge is 0.260 e. The van der Waals surface area contributed by atoms with Crippen molar-refractivity contribution >= 4 is 44.8 Å². The first-order chi connectivity index (χ1) is 10.5. The van der Waals surface area contributed by atoms with E-state index in [1.54, 1.807) is 18.2 Å². The number of hydrogen-bond acceptors (Lipinski definition) is 4. The highest BCUT2D eigenvalue weighted by Crippen LogP contribution is 2.29. The molecule has 0 saturated heterocycles. The predicted octanol–water partition coefficient (Wildman–Crippen LogP) is 4.49. The largest absolute Gasteiger partial charge is 0.484 e. The maximum Gasteiger partial charge on any atom is 0.260 e. The quantitative estimate of drug-likeness (QED) is 0.753. The van der Waals surface area contributed by atoms with Gasteiger partial charge in [-0.3, -0.25) is 4.79 Å². The predicted molar refractivity (Wildman–Crippen MR) is 90.5 cm³/mol. The summed E-state index contributed by atoms with van der Waals surface area (Å²) in [4.78, 5) is 21.2. The molecule has 1 N–H and O–H groups in total. The molecular formula is C15H12Cl2N2O2S. The summed E-state index contributed by atoms with van der Waals surface area (Å²) in [6.45, 7) is 4.01. The molecule has 2 aromatic heterocycles. The standard InChI is InChI=1S/C15H12Cl2N2O2S/c1-7-8(2)22-15-13(7)14(20)18-12(19-15)6-21-11-5-9(16)3-4-10(11)17/h3-5H,6H2,1-2H3,(H,18,19,20). The fourth-order valence-corrected chi connectivity index (χ4v) is 3.48. The van der Waals surface area contributed by atoms with E-state index in [2.05, 4.69) is 9.97 Å². The van der Waals surface area contributed by atoms with E-state index < -0.39 is 0 Å². The molecule has 0 spiro atoms. The zero-order valence-electron chi connectivity index (χ0n) is 11.9. The van der Waals surface area contributed by atoms with Crippen LogP contribution >= 0.6 is 34.5 Å². The van der Waals surface area contributed by atoms with Gasteiger partial charge in [-0.25, -0.2) is 4.98 Å². The Labute approximate surface area is 140 Å². The molecule has 114 valence electrons. The Morgan fingerprint density at radius 1 is 1.32 bits per heavy atom. The maximum absolute atomic E-state index is 12.2. The average Bonchev–Trinajstić information content (AvgIpc) is 2.75. The van der Waals surface area contributed by atoms with Crippen molar-refractivity contribution in [3.8, 4) is 5.75 Å². The van der Waals surface area contributed by atoms with E-state index in [1.165, 1.54) is 11.3 Å². The van der Waals surface area contributed by atoms with E-state index >= 15 is 0 Å². The molecule has 1 aromatic carbocycles. The molecule has 0 radical (unpaired) electrons. The topological polar surface area (TPSA) is 55.0 Å². The van der Waals surface area contributed by atoms with Crippen molar-refractivity contribution in [2.75, 3.05) is 0 Å². The van der Waals surface area contributed by atoms with Gasteiger partial charge in [0.2, 0.25) is 0 Å². The van der Waals surface area contributed by atoms with Crippen LogP contribution in [-0.2, 0) is 6.61 Å². The zero-order chi connectivity index (χ0) is 15.9. The molecule has 0 aliphatic rings. The van der Waals surface area contributed by atoms with Gasteiger partial charge in [0.05, 0.1) is 10.4 Å². The minimum Gasteiger partial charge on any atom is -0.484 e. The molecule has 3 rings (SSSR count). The number of ether oxygens (including phenoxy) is 1. The number of hydrogen-bond donors (Lipinski definition) is 1. The number of H-pyrrole nitrogens is 1. The molecule has 0 aliphatic heterocycles. The number of benzene rings is 1. The third-order valence-corrected chi connectivity index (χ3v) is 4.99. The lowest BCUT2D eigenvalue weighted by Crippen LogP contribution is -2.13. The summed E-state index contributed by atoms with van der Waals surface area (Å²) >= 11 is 13.5. The van der Waals surface area contributed by atoms with Crippen LogP contribution in [0.15, 0.2) is 23.0 Å². The molecule has 0 saturated carbocycles. The maximum atomic E-state index is 12.2. The SMILES string of the molecule is Cc1sc2nc(COc3cc(Cl)ccc3Cl)[nH]c(=O)c2c1C. The number of nitrogens with one attached hydrogen (secondary N) is 1. The fourth-order valence-electron chi connectivity index (χ4n) is 2.10. The first kappa shape index (κ1) is 15.3. The zero-order valence-corrected chi connectivity index (χ0v) is 14.2. The van der Waals surface area contributed by atoms with Gasteiger partial charge in [0, 0.05) is 16.0 Å². The van der Waals surface area contributed by atoms with Crippen molar-refractivity contribution in [1.82, 2.24) is 9.97 Å². The molecule has 4 nitrogen and oxygen atoms in total. The Hall–Kier alpha value is -1.56. The Kier molecular flexibility index (Phi) is 4.12. The second-order valence-electron chi connectivity index (χ2n) is 4.84. The highest BCUT2D eigenvalue weighted by atomic mass is 35.5. The van der Waals surface area contributed by atoms with E-state index in [-0.39, 0.29) is 12.2 Å². The lowest BCUT2D eigenvalue weighted by Gasteiger charge is -2.07. The van der Waals surface area contributed by atoms with Crippen molar-refractivity contribution in [3.63, 3.8) is 0 Å². The molecule has 0 fully saturated rings. The van der Waals surface area contributed by atoms with Gasteiger partial charge in [0.25, 0.3) is 5.56 Å². The number of rotatable bonds is 3. The monoisotopic (exact) mass is 354 g/mol. The fraction of sp³-hybridized carbons (Fsp3) is 0.200. The van der Waals surface area contributed by atoms with Gasteiger partial charge in [-0.15, -0.1) is 11.3 Å². The van der Waals surface area contributed by atoms with Crippen molar-refractivity contribution in [1.29, 1.82) is 0 Å². The number of nitrogens with zero attached hydrogens (tertiary/aromatic N) is 1. The number of halogens is 2. The first-order valence-electron chi connectivity index (χ1n) is 6.52. The van der Waals surface area contributed by atoms with E-state index in [0.717, 1.165) is 15.3 Å². The van der Waals surface area contributed by atoms with Crippen LogP contribution in [0.25, 0.3) is 10.2 Å². The molecule has 7 heteroatoms. The van der Waals surface area contributed by atoms with E-state index in [0.29, 0.717) is 27.0 Å². The normalized spacial score (nSPS) is 11.1. The molecule has 0 unspecified atom stereocenters. The highest BCUT2D eigenvalue weighted by molar-refractivity contribution is 7.18. The molecule has 22 heavy (non-hydrogen) atoms. The first-order valence-corrected chi connectivity index (χ1v) is 8.09. The van der Waals surface area contributed by atoms with Gasteiger partial charge >= 0.3 is 0 Å². The van der Waals surface area contributed by atoms with Gasteiger partial charge in [0.1, 0.15) is 23.0 Å². The molecule has 0 amide bonds. The van der Waals surface area contributed by atoms with Crippen LogP contribution in [0.5, 0.6) is 5.75 Å². The highest BCUT2D eigenvalue weighted by Gasteiger charge is 2.12. The lowest BCUT2D eigenvalue weighted by atomic mass is 10.2. The molecule has 0 atom stereocenters. The number of fused-ring (bicyclic) bond motifs is 1. The van der Waals surface area contributed by atoms with E-state index in [1.807, 2.05) is 13.8 Å². The number of aryl methyl sites for hydroxylation is 2. The summed E-state index contributed by atoms with van der Waals surface area (Å²) in [5, 5.41) is 1.63. The Balaban J connectivity index is 1.91. The van der Waals surface area contributed by atoms with Gasteiger partial charge in [0.15, 0.2) is 0 Å². The third-order valence-electron chi connectivity index (χ3n) is 3.35. The van der Waals surface area contributed by atoms with Gasteiger partial charge in [-0.05, 0) is 31.5 Å². The molecule has 0 bridgehead atoms. The van der Waals surface area contributed by atoms with Crippen molar-refractivity contribution in [2.45, 2.75) is 20.5 Å². The molecule has 3 aromatic rings. The van der Waals surface area contributed by atoms with Crippen molar-refractivity contribution < 1.29 is 4.74 Å². The summed E-state index contributed by atoms with van der Waals surface area (Å²) in [7, 11) is 0. The second kappa shape index (κ2) is 5.91. The number of thiophene rings is 1. The summed E-state index contributed by atoms with van der Waals surface area (Å²) in [6, 6.07) is 4.96.